The van der Waals surface area contributed by atoms with E-state index in [0.29, 0.717) is 5.92 Å². The van der Waals surface area contributed by atoms with Gasteiger partial charge in [-0.05, 0) is 48.4 Å². The minimum Gasteiger partial charge on any atom is -0.496 e. The molecule has 0 bridgehead atoms. The Morgan fingerprint density at radius 1 is 1.08 bits per heavy atom. The largest absolute Gasteiger partial charge is 0.496 e. The molecule has 3 aliphatic heterocycles. The third-order valence-electron chi connectivity index (χ3n) is 6.63. The summed E-state index contributed by atoms with van der Waals surface area (Å²) in [6.45, 7) is 4.80. The second kappa shape index (κ2) is 6.62. The summed E-state index contributed by atoms with van der Waals surface area (Å²) in [7, 11) is 1.77. The van der Waals surface area contributed by atoms with Crippen molar-refractivity contribution in [2.24, 2.45) is 0 Å². The van der Waals surface area contributed by atoms with Gasteiger partial charge >= 0.3 is 0 Å². The van der Waals surface area contributed by atoms with Crippen molar-refractivity contribution < 1.29 is 4.74 Å². The second-order valence-corrected chi connectivity index (χ2v) is 7.98. The minimum absolute atomic E-state index is 0.689. The van der Waals surface area contributed by atoms with Gasteiger partial charge in [-0.15, -0.1) is 0 Å². The Hall–Kier alpha value is -2.00. The van der Waals surface area contributed by atoms with Crippen LogP contribution in [-0.2, 0) is 12.8 Å². The smallest absolute Gasteiger partial charge is 0.122 e. The van der Waals surface area contributed by atoms with E-state index in [4.69, 9.17) is 4.74 Å². The van der Waals surface area contributed by atoms with Crippen molar-refractivity contribution in [1.82, 2.24) is 4.90 Å². The van der Waals surface area contributed by atoms with Crippen LogP contribution in [0.4, 0.5) is 5.69 Å². The molecule has 0 aromatic heterocycles. The van der Waals surface area contributed by atoms with E-state index in [-0.39, 0.29) is 0 Å². The molecular formula is C23H28N2O. The highest BCUT2D eigenvalue weighted by atomic mass is 16.5. The van der Waals surface area contributed by atoms with E-state index in [1.165, 1.54) is 44.5 Å². The van der Waals surface area contributed by atoms with Crippen molar-refractivity contribution in [3.63, 3.8) is 0 Å². The van der Waals surface area contributed by atoms with Gasteiger partial charge in [0.05, 0.1) is 7.11 Å². The van der Waals surface area contributed by atoms with E-state index in [2.05, 4.69) is 52.3 Å². The zero-order valence-corrected chi connectivity index (χ0v) is 15.7. The lowest BCUT2D eigenvalue weighted by Gasteiger charge is -2.40. The third-order valence-corrected chi connectivity index (χ3v) is 6.63. The average Bonchev–Trinajstić information content (AvgIpc) is 3.02. The molecule has 0 radical (unpaired) electrons. The molecule has 2 atom stereocenters. The van der Waals surface area contributed by atoms with Crippen LogP contribution in [0.1, 0.15) is 35.4 Å². The zero-order valence-electron chi connectivity index (χ0n) is 15.7. The first-order valence-electron chi connectivity index (χ1n) is 10.1. The number of aryl methyl sites for hydroxylation is 1. The predicted octanol–water partition coefficient (Wildman–Crippen LogP) is 3.86. The van der Waals surface area contributed by atoms with Gasteiger partial charge in [-0.3, -0.25) is 0 Å². The van der Waals surface area contributed by atoms with Crippen LogP contribution in [0.25, 0.3) is 0 Å². The molecule has 2 aromatic carbocycles. The summed E-state index contributed by atoms with van der Waals surface area (Å²) in [5, 5.41) is 0. The van der Waals surface area contributed by atoms with Crippen LogP contribution in [-0.4, -0.2) is 44.2 Å². The van der Waals surface area contributed by atoms with E-state index in [1.807, 2.05) is 0 Å². The summed E-state index contributed by atoms with van der Waals surface area (Å²) in [4.78, 5) is 5.42. The lowest BCUT2D eigenvalue weighted by atomic mass is 9.88. The van der Waals surface area contributed by atoms with Gasteiger partial charge in [-0.2, -0.15) is 0 Å². The van der Waals surface area contributed by atoms with Gasteiger partial charge in [0.25, 0.3) is 0 Å². The number of anilines is 1. The zero-order chi connectivity index (χ0) is 17.5. The van der Waals surface area contributed by atoms with E-state index in [9.17, 15) is 0 Å². The molecule has 0 aliphatic carbocycles. The maximum absolute atomic E-state index is 5.52. The third kappa shape index (κ3) is 2.61. The van der Waals surface area contributed by atoms with Gasteiger partial charge in [0.1, 0.15) is 5.75 Å². The molecule has 1 fully saturated rings. The van der Waals surface area contributed by atoms with Crippen LogP contribution in [0, 0.1) is 0 Å². The fourth-order valence-electron chi connectivity index (χ4n) is 5.42. The van der Waals surface area contributed by atoms with Crippen LogP contribution in [0.15, 0.2) is 42.5 Å². The van der Waals surface area contributed by atoms with Gasteiger partial charge in [0.15, 0.2) is 0 Å². The molecule has 0 saturated carbocycles. The predicted molar refractivity (Wildman–Crippen MR) is 106 cm³/mol. The van der Waals surface area contributed by atoms with E-state index >= 15 is 0 Å². The fraction of sp³-hybridized carbons (Fsp3) is 0.478. The summed E-state index contributed by atoms with van der Waals surface area (Å²) in [5.74, 6) is 1.71. The number of rotatable bonds is 4. The molecule has 2 aromatic rings. The minimum atomic E-state index is 0.689. The first kappa shape index (κ1) is 16.2. The molecule has 3 nitrogen and oxygen atoms in total. The van der Waals surface area contributed by atoms with E-state index in [0.717, 1.165) is 24.8 Å². The Balaban J connectivity index is 1.32. The summed E-state index contributed by atoms with van der Waals surface area (Å²) in [6.07, 6.45) is 4.94. The van der Waals surface area contributed by atoms with Crippen molar-refractivity contribution in [3.05, 3.63) is 59.2 Å². The Bertz CT molecular complexity index is 803. The molecule has 0 N–H and O–H groups in total. The number of likely N-dealkylation sites (tertiary alicyclic amines) is 1. The van der Waals surface area contributed by atoms with Crippen molar-refractivity contribution in [2.75, 3.05) is 38.2 Å². The summed E-state index contributed by atoms with van der Waals surface area (Å²) in [6, 6.07) is 16.2. The number of benzene rings is 2. The highest BCUT2D eigenvalue weighted by molar-refractivity contribution is 5.68. The molecule has 0 amide bonds. The number of hydrogen-bond acceptors (Lipinski definition) is 3. The van der Waals surface area contributed by atoms with Crippen LogP contribution in [0.2, 0.25) is 0 Å². The quantitative estimate of drug-likeness (QED) is 0.834. The molecule has 0 spiro atoms. The number of para-hydroxylation sites is 2. The summed E-state index contributed by atoms with van der Waals surface area (Å²) < 4.78 is 5.52. The topological polar surface area (TPSA) is 15.7 Å². The van der Waals surface area contributed by atoms with Gasteiger partial charge in [0.2, 0.25) is 0 Å². The molecule has 3 heterocycles. The monoisotopic (exact) mass is 348 g/mol. The maximum atomic E-state index is 5.52. The van der Waals surface area contributed by atoms with Crippen LogP contribution in [0.3, 0.4) is 0 Å². The normalized spacial score (nSPS) is 24.3. The van der Waals surface area contributed by atoms with Crippen molar-refractivity contribution >= 4 is 5.69 Å². The number of hydrogen-bond donors (Lipinski definition) is 0. The number of fused-ring (bicyclic) bond motifs is 3. The van der Waals surface area contributed by atoms with E-state index < -0.39 is 0 Å². The van der Waals surface area contributed by atoms with E-state index in [1.54, 1.807) is 23.9 Å². The highest BCUT2D eigenvalue weighted by Gasteiger charge is 2.43. The van der Waals surface area contributed by atoms with Crippen molar-refractivity contribution in [3.8, 4) is 5.75 Å². The van der Waals surface area contributed by atoms with Crippen molar-refractivity contribution in [1.29, 1.82) is 0 Å². The molecule has 26 heavy (non-hydrogen) atoms. The van der Waals surface area contributed by atoms with Crippen LogP contribution in [0.5, 0.6) is 5.75 Å². The lowest BCUT2D eigenvalue weighted by molar-refractivity contribution is 0.194. The van der Waals surface area contributed by atoms with Gasteiger partial charge < -0.3 is 14.5 Å². The standard InChI is InChI=1S/C23H28N2O/c1-26-22-10-3-2-6-17(22)11-14-24-15-12-21-20(16-24)19-9-4-7-18-8-5-13-25(21)23(18)19/h2-4,6-7,9-10,20-21H,5,8,11-16H2,1H3/t20-,21-/m1/s1. The Kier molecular flexibility index (Phi) is 4.12. The average molecular weight is 348 g/mol. The van der Waals surface area contributed by atoms with Gasteiger partial charge in [0, 0.05) is 43.8 Å². The van der Waals surface area contributed by atoms with Gasteiger partial charge in [-0.1, -0.05) is 36.4 Å². The number of nitrogens with zero attached hydrogens (tertiary/aromatic N) is 2. The number of piperidine rings is 1. The fourth-order valence-corrected chi connectivity index (χ4v) is 5.42. The molecule has 3 heteroatoms. The molecule has 136 valence electrons. The van der Waals surface area contributed by atoms with Gasteiger partial charge in [-0.25, -0.2) is 0 Å². The highest BCUT2D eigenvalue weighted by Crippen LogP contribution is 2.48. The first-order valence-corrected chi connectivity index (χ1v) is 10.1. The van der Waals surface area contributed by atoms with Crippen molar-refractivity contribution in [2.45, 2.75) is 37.6 Å². The molecular weight excluding hydrogens is 320 g/mol. The summed E-state index contributed by atoms with van der Waals surface area (Å²) in [5.41, 5.74) is 6.13. The first-order chi connectivity index (χ1) is 12.8. The SMILES string of the molecule is COc1ccccc1CCN1CC[C@@H]2[C@H](C1)c1cccc3c1N2CCC3. The number of ether oxygens (including phenoxy) is 1. The van der Waals surface area contributed by atoms with Crippen LogP contribution < -0.4 is 9.64 Å². The second-order valence-electron chi connectivity index (χ2n) is 7.98. The number of methoxy groups -OCH3 is 1. The summed E-state index contributed by atoms with van der Waals surface area (Å²) >= 11 is 0. The molecule has 5 rings (SSSR count). The maximum Gasteiger partial charge on any atom is 0.122 e. The Morgan fingerprint density at radius 3 is 2.92 bits per heavy atom. The molecule has 1 saturated heterocycles. The molecule has 0 unspecified atom stereocenters. The Morgan fingerprint density at radius 2 is 2.00 bits per heavy atom. The Labute approximate surface area is 156 Å². The lowest BCUT2D eigenvalue weighted by Crippen LogP contribution is -2.47. The molecule has 3 aliphatic rings. The van der Waals surface area contributed by atoms with Crippen LogP contribution >= 0.6 is 0 Å².